The van der Waals surface area contributed by atoms with E-state index in [0.717, 1.165) is 5.56 Å². The van der Waals surface area contributed by atoms with Gasteiger partial charge in [-0.1, -0.05) is 29.8 Å². The average molecular weight is 447 g/mol. The molecule has 2 aromatic carbocycles. The Bertz CT molecular complexity index is 1020. The number of rotatable bonds is 7. The summed E-state index contributed by atoms with van der Waals surface area (Å²) in [7, 11) is 1.52. The minimum atomic E-state index is -0.364. The third-order valence-electron chi connectivity index (χ3n) is 3.86. The number of nitrogens with one attached hydrogen (secondary N) is 1. The zero-order chi connectivity index (χ0) is 21.5. The van der Waals surface area contributed by atoms with E-state index < -0.39 is 0 Å². The smallest absolute Gasteiger partial charge is 0.302 e. The third kappa shape index (κ3) is 5.77. The molecule has 30 heavy (non-hydrogen) atoms. The van der Waals surface area contributed by atoms with Crippen LogP contribution in [0, 0.1) is 0 Å². The van der Waals surface area contributed by atoms with Crippen LogP contribution in [0.25, 0.3) is 6.08 Å². The Morgan fingerprint density at radius 1 is 1.20 bits per heavy atom. The molecule has 0 atom stereocenters. The van der Waals surface area contributed by atoms with E-state index in [2.05, 4.69) is 10.3 Å². The van der Waals surface area contributed by atoms with E-state index >= 15 is 0 Å². The Morgan fingerprint density at radius 2 is 2.00 bits per heavy atom. The Balaban J connectivity index is 1.72. The van der Waals surface area contributed by atoms with Crippen molar-refractivity contribution in [1.29, 1.82) is 0 Å². The first-order valence-corrected chi connectivity index (χ1v) is 10.1. The highest BCUT2D eigenvalue weighted by Crippen LogP contribution is 2.33. The first-order chi connectivity index (χ1) is 14.5. The SMILES string of the molecule is COc1cc(/C=C2\SC(=Nc3ccccc3Cl)NC2=O)ccc1OCCOC(C)=O. The number of amidine groups is 1. The summed E-state index contributed by atoms with van der Waals surface area (Å²) >= 11 is 7.35. The van der Waals surface area contributed by atoms with Gasteiger partial charge in [0.2, 0.25) is 0 Å². The molecule has 9 heteroatoms. The van der Waals surface area contributed by atoms with Crippen LogP contribution in [0.3, 0.4) is 0 Å². The molecule has 7 nitrogen and oxygen atoms in total. The van der Waals surface area contributed by atoms with E-state index in [9.17, 15) is 9.59 Å². The molecule has 0 unspecified atom stereocenters. The number of carbonyl (C=O) groups excluding carboxylic acids is 2. The second-order valence-electron chi connectivity index (χ2n) is 6.03. The van der Waals surface area contributed by atoms with Gasteiger partial charge >= 0.3 is 5.97 Å². The highest BCUT2D eigenvalue weighted by molar-refractivity contribution is 8.18. The number of thioether (sulfide) groups is 1. The van der Waals surface area contributed by atoms with Crippen molar-refractivity contribution >= 4 is 52.2 Å². The van der Waals surface area contributed by atoms with Crippen molar-refractivity contribution in [3.8, 4) is 11.5 Å². The van der Waals surface area contributed by atoms with Gasteiger partial charge in [-0.25, -0.2) is 4.99 Å². The summed E-state index contributed by atoms with van der Waals surface area (Å²) in [5.41, 5.74) is 1.34. The molecule has 0 aliphatic carbocycles. The molecule has 0 saturated carbocycles. The van der Waals surface area contributed by atoms with E-state index in [1.807, 2.05) is 12.1 Å². The van der Waals surface area contributed by atoms with Crippen molar-refractivity contribution in [3.63, 3.8) is 0 Å². The van der Waals surface area contributed by atoms with E-state index in [-0.39, 0.29) is 25.1 Å². The quantitative estimate of drug-likeness (QED) is 0.390. The van der Waals surface area contributed by atoms with Crippen molar-refractivity contribution in [2.24, 2.45) is 4.99 Å². The first kappa shape index (κ1) is 21.7. The normalized spacial score (nSPS) is 15.9. The minimum Gasteiger partial charge on any atom is -0.493 e. The molecule has 0 radical (unpaired) electrons. The minimum absolute atomic E-state index is 0.147. The lowest BCUT2D eigenvalue weighted by molar-refractivity contribution is -0.141. The maximum atomic E-state index is 12.3. The van der Waals surface area contributed by atoms with Gasteiger partial charge in [-0.2, -0.15) is 0 Å². The molecular weight excluding hydrogens is 428 g/mol. The number of benzene rings is 2. The Morgan fingerprint density at radius 3 is 2.73 bits per heavy atom. The van der Waals surface area contributed by atoms with Gasteiger partial charge in [0.25, 0.3) is 5.91 Å². The molecule has 1 saturated heterocycles. The zero-order valence-corrected chi connectivity index (χ0v) is 17.9. The zero-order valence-electron chi connectivity index (χ0n) is 16.3. The fourth-order valence-corrected chi connectivity index (χ4v) is 3.53. The van der Waals surface area contributed by atoms with Crippen LogP contribution in [0.1, 0.15) is 12.5 Å². The van der Waals surface area contributed by atoms with Crippen molar-refractivity contribution in [2.75, 3.05) is 20.3 Å². The maximum Gasteiger partial charge on any atom is 0.302 e. The van der Waals surface area contributed by atoms with Crippen molar-refractivity contribution in [3.05, 3.63) is 58.0 Å². The number of esters is 1. The fourth-order valence-electron chi connectivity index (χ4n) is 2.51. The number of carbonyl (C=O) groups is 2. The van der Waals surface area contributed by atoms with Crippen LogP contribution < -0.4 is 14.8 Å². The Hall–Kier alpha value is -2.97. The molecule has 2 aromatic rings. The lowest BCUT2D eigenvalue weighted by Crippen LogP contribution is -2.19. The van der Waals surface area contributed by atoms with Gasteiger partial charge in [0, 0.05) is 6.92 Å². The van der Waals surface area contributed by atoms with Crippen LogP contribution in [-0.4, -0.2) is 37.4 Å². The molecule has 1 aliphatic rings. The first-order valence-electron chi connectivity index (χ1n) is 8.94. The highest BCUT2D eigenvalue weighted by Gasteiger charge is 2.24. The van der Waals surface area contributed by atoms with Gasteiger partial charge in [0.15, 0.2) is 16.7 Å². The number of aliphatic imine (C=N–C) groups is 1. The molecule has 156 valence electrons. The summed E-state index contributed by atoms with van der Waals surface area (Å²) in [5.74, 6) is 0.403. The Kier molecular flexibility index (Phi) is 7.37. The number of amides is 1. The van der Waals surface area contributed by atoms with Gasteiger partial charge < -0.3 is 19.5 Å². The summed E-state index contributed by atoms with van der Waals surface area (Å²) in [5, 5.41) is 3.69. The number of para-hydroxylation sites is 1. The molecule has 1 fully saturated rings. The van der Waals surface area contributed by atoms with Gasteiger partial charge in [-0.05, 0) is 47.7 Å². The number of ether oxygens (including phenoxy) is 3. The number of nitrogens with zero attached hydrogens (tertiary/aromatic N) is 1. The summed E-state index contributed by atoms with van der Waals surface area (Å²) in [6, 6.07) is 12.4. The molecule has 1 heterocycles. The summed E-state index contributed by atoms with van der Waals surface area (Å²) in [4.78, 5) is 28.0. The maximum absolute atomic E-state index is 12.3. The summed E-state index contributed by atoms with van der Waals surface area (Å²) < 4.78 is 15.8. The Labute approximate surface area is 183 Å². The number of methoxy groups -OCH3 is 1. The van der Waals surface area contributed by atoms with Crippen LogP contribution in [-0.2, 0) is 14.3 Å². The van der Waals surface area contributed by atoms with E-state index in [1.165, 1.54) is 25.8 Å². The molecule has 1 N–H and O–H groups in total. The second kappa shape index (κ2) is 10.2. The van der Waals surface area contributed by atoms with Gasteiger partial charge in [0.05, 0.1) is 22.7 Å². The van der Waals surface area contributed by atoms with Crippen molar-refractivity contribution in [1.82, 2.24) is 5.32 Å². The van der Waals surface area contributed by atoms with E-state index in [1.54, 1.807) is 36.4 Å². The van der Waals surface area contributed by atoms with Crippen LogP contribution in [0.5, 0.6) is 11.5 Å². The topological polar surface area (TPSA) is 86.2 Å². The molecule has 1 aliphatic heterocycles. The third-order valence-corrected chi connectivity index (χ3v) is 5.09. The number of hydrogen-bond donors (Lipinski definition) is 1. The second-order valence-corrected chi connectivity index (χ2v) is 7.47. The van der Waals surface area contributed by atoms with E-state index in [0.29, 0.717) is 32.3 Å². The number of halogens is 1. The standard InChI is InChI=1S/C21H19ClN2O5S/c1-13(25)28-9-10-29-17-8-7-14(11-18(17)27-2)12-19-20(26)24-21(30-19)23-16-6-4-3-5-15(16)22/h3-8,11-12H,9-10H2,1-2H3,(H,23,24,26)/b19-12-. The average Bonchev–Trinajstić information content (AvgIpc) is 3.06. The predicted molar refractivity (Wildman–Crippen MR) is 117 cm³/mol. The fraction of sp³-hybridized carbons (Fsp3) is 0.190. The molecule has 0 aromatic heterocycles. The molecule has 0 spiro atoms. The summed E-state index contributed by atoms with van der Waals surface area (Å²) in [6.07, 6.45) is 1.74. The van der Waals surface area contributed by atoms with Crippen LogP contribution in [0.4, 0.5) is 5.69 Å². The lowest BCUT2D eigenvalue weighted by Gasteiger charge is -2.11. The molecule has 0 bridgehead atoms. The number of hydrogen-bond acceptors (Lipinski definition) is 7. The van der Waals surface area contributed by atoms with Crippen LogP contribution >= 0.6 is 23.4 Å². The largest absolute Gasteiger partial charge is 0.493 e. The van der Waals surface area contributed by atoms with Gasteiger partial charge in [-0.3, -0.25) is 9.59 Å². The monoisotopic (exact) mass is 446 g/mol. The van der Waals surface area contributed by atoms with E-state index in [4.69, 9.17) is 25.8 Å². The van der Waals surface area contributed by atoms with Gasteiger partial charge in [0.1, 0.15) is 13.2 Å². The van der Waals surface area contributed by atoms with Crippen LogP contribution in [0.15, 0.2) is 52.4 Å². The highest BCUT2D eigenvalue weighted by atomic mass is 35.5. The lowest BCUT2D eigenvalue weighted by atomic mass is 10.2. The van der Waals surface area contributed by atoms with Crippen molar-refractivity contribution in [2.45, 2.75) is 6.92 Å². The van der Waals surface area contributed by atoms with Crippen molar-refractivity contribution < 1.29 is 23.8 Å². The predicted octanol–water partition coefficient (Wildman–Crippen LogP) is 4.18. The molecule has 1 amide bonds. The molecular formula is C21H19ClN2O5S. The van der Waals surface area contributed by atoms with Gasteiger partial charge in [-0.15, -0.1) is 0 Å². The molecule has 3 rings (SSSR count). The summed E-state index contributed by atoms with van der Waals surface area (Å²) in [6.45, 7) is 1.69. The van der Waals surface area contributed by atoms with Crippen LogP contribution in [0.2, 0.25) is 5.02 Å².